The van der Waals surface area contributed by atoms with Crippen molar-refractivity contribution in [1.29, 1.82) is 0 Å². The zero-order chi connectivity index (χ0) is 40.3. The molecule has 1 aliphatic carbocycles. The van der Waals surface area contributed by atoms with E-state index in [2.05, 4.69) is 241 Å². The summed E-state index contributed by atoms with van der Waals surface area (Å²) in [6.45, 7) is 0. The summed E-state index contributed by atoms with van der Waals surface area (Å²) in [6, 6.07) is 87.4. The second-order valence-corrected chi connectivity index (χ2v) is 17.0. The summed E-state index contributed by atoms with van der Waals surface area (Å²) in [5, 5.41) is 5.01. The number of benzene rings is 10. The van der Waals surface area contributed by atoms with Crippen LogP contribution in [0.5, 0.6) is 0 Å². The molecule has 0 saturated heterocycles. The van der Waals surface area contributed by atoms with Crippen molar-refractivity contribution in [3.8, 4) is 33.4 Å². The van der Waals surface area contributed by atoms with Gasteiger partial charge >= 0.3 is 0 Å². The quantitative estimate of drug-likeness (QED) is 0.155. The van der Waals surface area contributed by atoms with Crippen LogP contribution in [0.4, 0.5) is 17.1 Å². The second-order valence-electron chi connectivity index (χ2n) is 15.9. The molecule has 0 fully saturated rings. The fourth-order valence-corrected chi connectivity index (χ4v) is 11.4. The maximum atomic E-state index is 2.58. The van der Waals surface area contributed by atoms with Gasteiger partial charge in [-0.2, -0.15) is 0 Å². The Morgan fingerprint density at radius 3 is 1.70 bits per heavy atom. The molecular weight excluding hydrogens is 755 g/mol. The SMILES string of the molecule is c1ccc(-c2ccc3sc4c(N(c5ccccc5-c5cccc6ccccc56)c5cccc6c5-c5ccccc5C6(c5ccccc5)c5ccccc5)cccc4c3c2)cc1. The van der Waals surface area contributed by atoms with Crippen LogP contribution in [0, 0.1) is 0 Å². The Morgan fingerprint density at radius 2 is 0.902 bits per heavy atom. The van der Waals surface area contributed by atoms with E-state index in [-0.39, 0.29) is 0 Å². The molecule has 0 bridgehead atoms. The van der Waals surface area contributed by atoms with E-state index in [0.29, 0.717) is 0 Å². The second kappa shape index (κ2) is 14.3. The minimum atomic E-state index is -0.525. The Hall–Kier alpha value is -7.52. The van der Waals surface area contributed by atoms with E-state index in [9.17, 15) is 0 Å². The van der Waals surface area contributed by atoms with E-state index in [1.807, 2.05) is 11.3 Å². The predicted octanol–water partition coefficient (Wildman–Crippen LogP) is 16.4. The minimum absolute atomic E-state index is 0.525. The van der Waals surface area contributed by atoms with E-state index in [1.54, 1.807) is 0 Å². The first-order valence-electron chi connectivity index (χ1n) is 21.0. The summed E-state index contributed by atoms with van der Waals surface area (Å²) in [4.78, 5) is 2.58. The van der Waals surface area contributed by atoms with Gasteiger partial charge in [0.05, 0.1) is 27.2 Å². The van der Waals surface area contributed by atoms with Crippen molar-refractivity contribution in [1.82, 2.24) is 0 Å². The first kappa shape index (κ1) is 35.4. The van der Waals surface area contributed by atoms with Crippen molar-refractivity contribution in [2.45, 2.75) is 5.41 Å². The number of rotatable bonds is 7. The van der Waals surface area contributed by atoms with Gasteiger partial charge in [0.2, 0.25) is 0 Å². The van der Waals surface area contributed by atoms with Gasteiger partial charge < -0.3 is 4.90 Å². The molecule has 0 radical (unpaired) electrons. The van der Waals surface area contributed by atoms with Crippen molar-refractivity contribution in [2.75, 3.05) is 4.90 Å². The van der Waals surface area contributed by atoms with E-state index < -0.39 is 5.41 Å². The number of para-hydroxylation sites is 1. The zero-order valence-electron chi connectivity index (χ0n) is 33.4. The van der Waals surface area contributed by atoms with Gasteiger partial charge in [-0.1, -0.05) is 206 Å². The zero-order valence-corrected chi connectivity index (χ0v) is 34.2. The van der Waals surface area contributed by atoms with Crippen LogP contribution < -0.4 is 4.90 Å². The number of fused-ring (bicyclic) bond motifs is 7. The Labute approximate surface area is 360 Å². The lowest BCUT2D eigenvalue weighted by molar-refractivity contribution is 0.768. The van der Waals surface area contributed by atoms with E-state index >= 15 is 0 Å². The van der Waals surface area contributed by atoms with Gasteiger partial charge in [0.15, 0.2) is 0 Å². The van der Waals surface area contributed by atoms with Crippen molar-refractivity contribution >= 4 is 59.3 Å². The number of thiophene rings is 1. The summed E-state index contributed by atoms with van der Waals surface area (Å²) in [5.74, 6) is 0. The van der Waals surface area contributed by atoms with Crippen LogP contribution in [0.15, 0.2) is 237 Å². The molecule has 12 rings (SSSR count). The third-order valence-corrected chi connectivity index (χ3v) is 14.0. The molecule has 11 aromatic rings. The average Bonchev–Trinajstić information content (AvgIpc) is 3.87. The summed E-state index contributed by atoms with van der Waals surface area (Å²) in [5.41, 5.74) is 15.4. The largest absolute Gasteiger partial charge is 0.308 e. The standard InChI is InChI=1S/C59H39NS/c1-4-19-40(20-5-1)42-37-38-56-50(39-42)48-31-17-36-55(58(48)61-56)60(53-34-15-13-28-47(53)46-30-16-22-41-21-10-11-27-45(41)46)54-35-18-33-52-57(54)49-29-12-14-32-51(49)59(52,43-23-6-2-7-24-43)44-25-8-3-9-26-44/h1-39H. The molecular formula is C59H39NS. The summed E-state index contributed by atoms with van der Waals surface area (Å²) in [6.07, 6.45) is 0. The normalized spacial score (nSPS) is 12.7. The molecule has 61 heavy (non-hydrogen) atoms. The summed E-state index contributed by atoms with van der Waals surface area (Å²) in [7, 11) is 0. The Morgan fingerprint density at radius 1 is 0.344 bits per heavy atom. The van der Waals surface area contributed by atoms with Gasteiger partial charge in [0.1, 0.15) is 0 Å². The van der Waals surface area contributed by atoms with Crippen LogP contribution in [0.3, 0.4) is 0 Å². The topological polar surface area (TPSA) is 3.24 Å². The highest BCUT2D eigenvalue weighted by molar-refractivity contribution is 7.26. The van der Waals surface area contributed by atoms with Gasteiger partial charge in [-0.05, 0) is 85.6 Å². The Balaban J connectivity index is 1.19. The lowest BCUT2D eigenvalue weighted by atomic mass is 9.68. The van der Waals surface area contributed by atoms with Crippen LogP contribution in [0.25, 0.3) is 64.3 Å². The first-order valence-corrected chi connectivity index (χ1v) is 21.8. The lowest BCUT2D eigenvalue weighted by Crippen LogP contribution is -2.28. The number of anilines is 3. The third kappa shape index (κ3) is 5.46. The van der Waals surface area contributed by atoms with Crippen LogP contribution >= 0.6 is 11.3 Å². The van der Waals surface area contributed by atoms with Crippen molar-refractivity contribution in [3.63, 3.8) is 0 Å². The number of hydrogen-bond acceptors (Lipinski definition) is 2. The average molecular weight is 794 g/mol. The van der Waals surface area contributed by atoms with Crippen LogP contribution in [-0.4, -0.2) is 0 Å². The summed E-state index contributed by atoms with van der Waals surface area (Å²) < 4.78 is 2.54. The molecule has 0 saturated carbocycles. The highest BCUT2D eigenvalue weighted by Gasteiger charge is 2.47. The molecule has 0 atom stereocenters. The predicted molar refractivity (Wildman–Crippen MR) is 260 cm³/mol. The van der Waals surface area contributed by atoms with E-state index in [4.69, 9.17) is 0 Å². The van der Waals surface area contributed by atoms with Crippen molar-refractivity contribution < 1.29 is 0 Å². The Kier molecular flexibility index (Phi) is 8.33. The van der Waals surface area contributed by atoms with E-state index in [0.717, 1.165) is 17.1 Å². The fourth-order valence-electron chi connectivity index (χ4n) is 10.2. The van der Waals surface area contributed by atoms with Gasteiger partial charge in [-0.3, -0.25) is 0 Å². The van der Waals surface area contributed by atoms with Gasteiger partial charge in [-0.15, -0.1) is 11.3 Å². The van der Waals surface area contributed by atoms with Crippen molar-refractivity contribution in [3.05, 3.63) is 259 Å². The van der Waals surface area contributed by atoms with E-state index in [1.165, 1.54) is 86.6 Å². The monoisotopic (exact) mass is 793 g/mol. The lowest BCUT2D eigenvalue weighted by Gasteiger charge is -2.34. The molecule has 0 amide bonds. The molecule has 0 unspecified atom stereocenters. The third-order valence-electron chi connectivity index (χ3n) is 12.8. The molecule has 0 N–H and O–H groups in total. The minimum Gasteiger partial charge on any atom is -0.308 e. The molecule has 0 aliphatic heterocycles. The van der Waals surface area contributed by atoms with Crippen LogP contribution in [0.2, 0.25) is 0 Å². The molecule has 1 nitrogen and oxygen atoms in total. The Bertz CT molecular complexity index is 3380. The van der Waals surface area contributed by atoms with Crippen molar-refractivity contribution in [2.24, 2.45) is 0 Å². The maximum Gasteiger partial charge on any atom is 0.0714 e. The van der Waals surface area contributed by atoms with Gasteiger partial charge in [-0.25, -0.2) is 0 Å². The van der Waals surface area contributed by atoms with Gasteiger partial charge in [0.25, 0.3) is 0 Å². The highest BCUT2D eigenvalue weighted by Crippen LogP contribution is 2.60. The van der Waals surface area contributed by atoms with Crippen LogP contribution in [0.1, 0.15) is 22.3 Å². The fraction of sp³-hybridized carbons (Fsp3) is 0.0169. The molecule has 2 heteroatoms. The smallest absolute Gasteiger partial charge is 0.0714 e. The highest BCUT2D eigenvalue weighted by atomic mass is 32.1. The molecule has 1 aliphatic rings. The molecule has 10 aromatic carbocycles. The molecule has 1 heterocycles. The summed E-state index contributed by atoms with van der Waals surface area (Å²) >= 11 is 1.88. The number of nitrogens with zero attached hydrogens (tertiary/aromatic N) is 1. The number of hydrogen-bond donors (Lipinski definition) is 0. The molecule has 286 valence electrons. The maximum absolute atomic E-state index is 2.58. The first-order chi connectivity index (χ1) is 30.3. The van der Waals surface area contributed by atoms with Gasteiger partial charge in [0, 0.05) is 26.6 Å². The van der Waals surface area contributed by atoms with Crippen LogP contribution in [-0.2, 0) is 5.41 Å². The molecule has 0 spiro atoms. The molecule has 1 aromatic heterocycles.